The lowest BCUT2D eigenvalue weighted by Crippen LogP contribution is -2.39. The van der Waals surface area contributed by atoms with Crippen LogP contribution < -0.4 is 14.2 Å². The number of H-pyrrole nitrogens is 1. The normalized spacial score (nSPS) is 16.8. The number of aryl methyl sites for hydroxylation is 1. The van der Waals surface area contributed by atoms with E-state index in [1.165, 1.54) is 12.5 Å². The zero-order valence-electron chi connectivity index (χ0n) is 32.5. The summed E-state index contributed by atoms with van der Waals surface area (Å²) in [5.41, 5.74) is 3.58. The number of hydrogen-bond donors (Lipinski definition) is 3. The summed E-state index contributed by atoms with van der Waals surface area (Å²) in [6.07, 6.45) is 10.4. The third-order valence-electron chi connectivity index (χ3n) is 11.0. The number of carbonyl (C=O) groups excluding carboxylic acids is 3. The molecule has 0 aliphatic heterocycles. The Kier molecular flexibility index (Phi) is 11.8. The van der Waals surface area contributed by atoms with Crippen molar-refractivity contribution < 1.29 is 22.8 Å². The highest BCUT2D eigenvalue weighted by Gasteiger charge is 2.29. The molecule has 0 saturated heterocycles. The van der Waals surface area contributed by atoms with Crippen LogP contribution in [0.4, 0.5) is 5.69 Å². The summed E-state index contributed by atoms with van der Waals surface area (Å²) in [6.45, 7) is 9.96. The predicted molar refractivity (Wildman–Crippen MR) is 210 cm³/mol. The average molecular weight is 759 g/mol. The van der Waals surface area contributed by atoms with Crippen LogP contribution in [0.15, 0.2) is 42.5 Å². The second-order valence-electron chi connectivity index (χ2n) is 15.9. The minimum Gasteiger partial charge on any atom is -0.384 e. The first-order valence-electron chi connectivity index (χ1n) is 19.1. The highest BCUT2D eigenvalue weighted by atomic mass is 32.2. The third-order valence-corrected chi connectivity index (χ3v) is 11.7. The number of nitrogens with one attached hydrogen (secondary N) is 3. The van der Waals surface area contributed by atoms with Crippen molar-refractivity contribution in [2.45, 2.75) is 122 Å². The van der Waals surface area contributed by atoms with Gasteiger partial charge in [-0.25, -0.2) is 4.52 Å². The monoisotopic (exact) mass is 758 g/mol. The standard InChI is InChI=1S/C40H54N8O5S/c1-25-18-20-28(23-32(25)37(49)41-26(2)36-43-42-35-24-34(40(3,4)5)44-48(35)36)45-54(52)53-33-22-27(38(50)46(6)29-14-10-8-11-15-29)19-21-31(33)39(51)47(7)30-16-12-9-13-17-30/h18-24,26,29-30,44-45H,8-17H2,1-7H3,(H,41,49). The summed E-state index contributed by atoms with van der Waals surface area (Å²) in [5.74, 6) is -0.168. The van der Waals surface area contributed by atoms with Crippen molar-refractivity contribution in [2.24, 2.45) is 0 Å². The average Bonchev–Trinajstić information content (AvgIpc) is 3.77. The summed E-state index contributed by atoms with van der Waals surface area (Å²) in [6, 6.07) is 11.5. The molecule has 2 aromatic heterocycles. The van der Waals surface area contributed by atoms with Gasteiger partial charge in [-0.2, -0.15) is 4.21 Å². The van der Waals surface area contributed by atoms with E-state index in [0.717, 1.165) is 63.5 Å². The van der Waals surface area contributed by atoms with E-state index in [2.05, 4.69) is 46.1 Å². The summed E-state index contributed by atoms with van der Waals surface area (Å²) in [7, 11) is 3.61. The van der Waals surface area contributed by atoms with Gasteiger partial charge in [0, 0.05) is 54.5 Å². The van der Waals surface area contributed by atoms with Gasteiger partial charge in [0.2, 0.25) is 0 Å². The molecule has 0 radical (unpaired) electrons. The number of nitrogens with zero attached hydrogens (tertiary/aromatic N) is 5. The summed E-state index contributed by atoms with van der Waals surface area (Å²) < 4.78 is 24.2. The number of benzene rings is 2. The van der Waals surface area contributed by atoms with Crippen molar-refractivity contribution >= 4 is 40.3 Å². The van der Waals surface area contributed by atoms with Gasteiger partial charge in [0.25, 0.3) is 17.7 Å². The fraction of sp³-hybridized carbons (Fsp3) is 0.525. The minimum atomic E-state index is -2.19. The first-order valence-corrected chi connectivity index (χ1v) is 20.2. The molecule has 54 heavy (non-hydrogen) atoms. The largest absolute Gasteiger partial charge is 0.384 e. The first kappa shape index (κ1) is 39.0. The van der Waals surface area contributed by atoms with Crippen LogP contribution in [0, 0.1) is 6.92 Å². The van der Waals surface area contributed by atoms with Crippen LogP contribution in [-0.4, -0.2) is 77.7 Å². The third kappa shape index (κ3) is 8.64. The van der Waals surface area contributed by atoms with E-state index in [-0.39, 0.29) is 46.5 Å². The second kappa shape index (κ2) is 16.3. The Balaban J connectivity index is 1.20. The fourth-order valence-corrected chi connectivity index (χ4v) is 8.16. The number of hydrogen-bond acceptors (Lipinski definition) is 7. The molecule has 6 rings (SSSR count). The van der Waals surface area contributed by atoms with Gasteiger partial charge in [0.1, 0.15) is 0 Å². The fourth-order valence-electron chi connectivity index (χ4n) is 7.49. The van der Waals surface area contributed by atoms with E-state index in [1.807, 2.05) is 27.0 Å². The Labute approximate surface area is 320 Å². The predicted octanol–water partition coefficient (Wildman–Crippen LogP) is 7.03. The molecule has 2 heterocycles. The Morgan fingerprint density at radius 2 is 1.50 bits per heavy atom. The van der Waals surface area contributed by atoms with Crippen LogP contribution in [0.25, 0.3) is 5.65 Å². The Bertz CT molecular complexity index is 2020. The summed E-state index contributed by atoms with van der Waals surface area (Å²) in [5, 5.41) is 14.9. The topological polar surface area (TPSA) is 154 Å². The zero-order valence-corrected chi connectivity index (χ0v) is 33.3. The SMILES string of the molecule is Cc1ccc(NS(=O)Oc2cc(C(=O)N(C)C3CCCCC3)ccc2C(=O)N(C)C2CCCCC2)cc1C(=O)NC(C)c1nnc2cc(C(C)(C)C)[nH]n12. The maximum absolute atomic E-state index is 13.9. The molecule has 2 aromatic carbocycles. The number of anilines is 1. The van der Waals surface area contributed by atoms with Gasteiger partial charge < -0.3 is 19.3 Å². The smallest absolute Gasteiger partial charge is 0.316 e. The molecule has 2 aliphatic rings. The molecule has 2 aliphatic carbocycles. The summed E-state index contributed by atoms with van der Waals surface area (Å²) >= 11 is -2.19. The Hall–Kier alpha value is -4.72. The maximum atomic E-state index is 13.9. The van der Waals surface area contributed by atoms with Gasteiger partial charge in [-0.3, -0.25) is 24.2 Å². The number of fused-ring (bicyclic) bond motifs is 1. The minimum absolute atomic E-state index is 0.0499. The second-order valence-corrected chi connectivity index (χ2v) is 16.8. The molecular weight excluding hydrogens is 705 g/mol. The van der Waals surface area contributed by atoms with E-state index in [0.29, 0.717) is 33.8 Å². The maximum Gasteiger partial charge on any atom is 0.316 e. The van der Waals surface area contributed by atoms with E-state index in [9.17, 15) is 18.6 Å². The lowest BCUT2D eigenvalue weighted by atomic mass is 9.93. The van der Waals surface area contributed by atoms with Crippen LogP contribution in [0.1, 0.15) is 146 Å². The molecule has 14 heteroatoms. The lowest BCUT2D eigenvalue weighted by molar-refractivity contribution is 0.0682. The number of aromatic nitrogens is 4. The molecule has 0 spiro atoms. The summed E-state index contributed by atoms with van der Waals surface area (Å²) in [4.78, 5) is 44.7. The van der Waals surface area contributed by atoms with Gasteiger partial charge >= 0.3 is 11.3 Å². The molecule has 4 aromatic rings. The van der Waals surface area contributed by atoms with Crippen LogP contribution in [0.5, 0.6) is 5.75 Å². The van der Waals surface area contributed by atoms with Gasteiger partial charge in [-0.1, -0.05) is 65.4 Å². The van der Waals surface area contributed by atoms with Crippen LogP contribution in [0.2, 0.25) is 0 Å². The Morgan fingerprint density at radius 3 is 2.13 bits per heavy atom. The van der Waals surface area contributed by atoms with Crippen molar-refractivity contribution in [3.05, 3.63) is 76.2 Å². The number of aromatic amines is 1. The highest BCUT2D eigenvalue weighted by molar-refractivity contribution is 7.82. The highest BCUT2D eigenvalue weighted by Crippen LogP contribution is 2.30. The van der Waals surface area contributed by atoms with Crippen molar-refractivity contribution in [1.29, 1.82) is 0 Å². The van der Waals surface area contributed by atoms with Gasteiger partial charge in [-0.15, -0.1) is 10.2 Å². The molecule has 2 atom stereocenters. The number of carbonyl (C=O) groups is 3. The van der Waals surface area contributed by atoms with Crippen LogP contribution in [-0.2, 0) is 16.7 Å². The first-order chi connectivity index (χ1) is 25.7. The van der Waals surface area contributed by atoms with Gasteiger partial charge in [0.15, 0.2) is 17.2 Å². The Morgan fingerprint density at radius 1 is 0.870 bits per heavy atom. The number of rotatable bonds is 11. The van der Waals surface area contributed by atoms with Gasteiger partial charge in [-0.05, 0) is 75.4 Å². The molecule has 3 N–H and O–H groups in total. The molecule has 13 nitrogen and oxygen atoms in total. The molecule has 2 unspecified atom stereocenters. The lowest BCUT2D eigenvalue weighted by Gasteiger charge is -2.32. The number of amides is 3. The van der Waals surface area contributed by atoms with Crippen molar-refractivity contribution in [3.63, 3.8) is 0 Å². The van der Waals surface area contributed by atoms with Crippen molar-refractivity contribution in [3.8, 4) is 5.75 Å². The zero-order chi connectivity index (χ0) is 38.7. The molecule has 290 valence electrons. The molecule has 3 amide bonds. The molecule has 2 saturated carbocycles. The van der Waals surface area contributed by atoms with Crippen molar-refractivity contribution in [2.75, 3.05) is 18.8 Å². The molecular formula is C40H54N8O5S. The van der Waals surface area contributed by atoms with Crippen LogP contribution >= 0.6 is 0 Å². The van der Waals surface area contributed by atoms with E-state index in [4.69, 9.17) is 4.18 Å². The van der Waals surface area contributed by atoms with Crippen molar-refractivity contribution in [1.82, 2.24) is 34.9 Å². The van der Waals surface area contributed by atoms with E-state index >= 15 is 0 Å². The molecule has 0 bridgehead atoms. The van der Waals surface area contributed by atoms with Crippen LogP contribution in [0.3, 0.4) is 0 Å². The quantitative estimate of drug-likeness (QED) is 0.148. The van der Waals surface area contributed by atoms with E-state index in [1.54, 1.807) is 51.7 Å². The van der Waals surface area contributed by atoms with E-state index < -0.39 is 17.3 Å². The van der Waals surface area contributed by atoms with Gasteiger partial charge in [0.05, 0.1) is 17.3 Å². The molecule has 2 fully saturated rings.